The molecule has 2 heteroatoms. The van der Waals surface area contributed by atoms with Gasteiger partial charge in [0.05, 0.1) is 11.2 Å². The van der Waals surface area contributed by atoms with Crippen molar-refractivity contribution in [2.45, 2.75) is 26.2 Å². The van der Waals surface area contributed by atoms with Crippen LogP contribution >= 0.6 is 0 Å². The number of H-pyrrole nitrogens is 1. The van der Waals surface area contributed by atoms with Crippen molar-refractivity contribution in [1.29, 1.82) is 0 Å². The summed E-state index contributed by atoms with van der Waals surface area (Å²) >= 11 is 0. The summed E-state index contributed by atoms with van der Waals surface area (Å²) in [6.45, 7) is 6.83. The monoisotopic (exact) mass is 390 g/mol. The number of hydrogen-bond donors (Lipinski definition) is 1. The first-order chi connectivity index (χ1) is 14.5. The highest BCUT2D eigenvalue weighted by molar-refractivity contribution is 6.12. The van der Waals surface area contributed by atoms with Gasteiger partial charge >= 0.3 is 0 Å². The predicted molar refractivity (Wildman–Crippen MR) is 129 cm³/mol. The summed E-state index contributed by atoms with van der Waals surface area (Å²) < 4.78 is 0. The minimum Gasteiger partial charge on any atom is -0.353 e. The van der Waals surface area contributed by atoms with Crippen LogP contribution in [-0.4, -0.2) is 4.98 Å². The first-order valence-corrected chi connectivity index (χ1v) is 10.5. The fourth-order valence-electron chi connectivity index (χ4n) is 4.33. The van der Waals surface area contributed by atoms with Crippen molar-refractivity contribution in [3.8, 4) is 0 Å². The van der Waals surface area contributed by atoms with Crippen LogP contribution in [-0.2, 0) is 5.41 Å². The second kappa shape index (κ2) is 7.07. The fourth-order valence-corrected chi connectivity index (χ4v) is 4.33. The number of anilines is 3. The number of aromatic amines is 1. The van der Waals surface area contributed by atoms with Gasteiger partial charge in [-0.15, -0.1) is 0 Å². The second-order valence-electron chi connectivity index (χ2n) is 8.81. The van der Waals surface area contributed by atoms with Crippen LogP contribution < -0.4 is 4.90 Å². The van der Waals surface area contributed by atoms with E-state index in [1.54, 1.807) is 0 Å². The maximum absolute atomic E-state index is 3.68. The summed E-state index contributed by atoms with van der Waals surface area (Å²) in [7, 11) is 0. The van der Waals surface area contributed by atoms with Crippen molar-refractivity contribution in [3.63, 3.8) is 0 Å². The molecule has 0 saturated carbocycles. The van der Waals surface area contributed by atoms with Crippen molar-refractivity contribution < 1.29 is 0 Å². The van der Waals surface area contributed by atoms with Gasteiger partial charge in [-0.1, -0.05) is 87.5 Å². The molecule has 148 valence electrons. The van der Waals surface area contributed by atoms with Crippen LogP contribution in [0.2, 0.25) is 0 Å². The maximum Gasteiger partial charge on any atom is 0.0709 e. The number of benzene rings is 4. The summed E-state index contributed by atoms with van der Waals surface area (Å²) in [6.07, 6.45) is 0. The lowest BCUT2D eigenvalue weighted by molar-refractivity contribution is 0.591. The van der Waals surface area contributed by atoms with E-state index < -0.39 is 0 Å². The maximum atomic E-state index is 3.68. The van der Waals surface area contributed by atoms with E-state index in [1.165, 1.54) is 22.0 Å². The lowest BCUT2D eigenvalue weighted by Crippen LogP contribution is -2.19. The lowest BCUT2D eigenvalue weighted by Gasteiger charge is -2.32. The number of aromatic nitrogens is 1. The van der Waals surface area contributed by atoms with Gasteiger partial charge in [0.15, 0.2) is 0 Å². The zero-order chi connectivity index (χ0) is 20.7. The zero-order valence-electron chi connectivity index (χ0n) is 17.7. The van der Waals surface area contributed by atoms with E-state index in [4.69, 9.17) is 0 Å². The van der Waals surface area contributed by atoms with Gasteiger partial charge in [-0.25, -0.2) is 0 Å². The number of hydrogen-bond acceptors (Lipinski definition) is 1. The molecule has 1 aromatic heterocycles. The minimum absolute atomic E-state index is 0.0258. The second-order valence-corrected chi connectivity index (χ2v) is 8.81. The molecule has 5 rings (SSSR count). The third-order valence-electron chi connectivity index (χ3n) is 5.73. The summed E-state index contributed by atoms with van der Waals surface area (Å²) in [4.78, 5) is 6.07. The van der Waals surface area contributed by atoms with Crippen LogP contribution in [0.5, 0.6) is 0 Å². The summed E-state index contributed by atoms with van der Waals surface area (Å²) in [6, 6.07) is 34.5. The zero-order valence-corrected chi connectivity index (χ0v) is 17.7. The quantitative estimate of drug-likeness (QED) is 0.330. The van der Waals surface area contributed by atoms with Crippen molar-refractivity contribution in [1.82, 2.24) is 4.98 Å². The van der Waals surface area contributed by atoms with Crippen molar-refractivity contribution in [3.05, 3.63) is 103 Å². The molecule has 0 saturated heterocycles. The number of nitrogens with one attached hydrogen (secondary N) is 1. The molecule has 1 heterocycles. The average Bonchev–Trinajstić information content (AvgIpc) is 3.14. The Kier molecular flexibility index (Phi) is 4.36. The van der Waals surface area contributed by atoms with E-state index in [2.05, 4.69) is 128 Å². The largest absolute Gasteiger partial charge is 0.353 e. The Balaban J connectivity index is 1.84. The fraction of sp³-hybridized carbons (Fsp3) is 0.143. The smallest absolute Gasteiger partial charge is 0.0709 e. The third kappa shape index (κ3) is 3.05. The van der Waals surface area contributed by atoms with Crippen molar-refractivity contribution in [2.24, 2.45) is 0 Å². The molecular formula is C28H26N2. The van der Waals surface area contributed by atoms with Crippen molar-refractivity contribution in [2.75, 3.05) is 4.90 Å². The summed E-state index contributed by atoms with van der Waals surface area (Å²) in [5.41, 5.74) is 7.19. The predicted octanol–water partition coefficient (Wildman–Crippen LogP) is 8.09. The summed E-state index contributed by atoms with van der Waals surface area (Å²) in [5, 5.41) is 2.50. The highest BCUT2D eigenvalue weighted by atomic mass is 15.2. The van der Waals surface area contributed by atoms with E-state index in [0.717, 1.165) is 22.4 Å². The standard InChI is InChI=1S/C28H26N2/c1-28(2,3)23-16-8-10-18-25(23)30(20-12-5-4-6-13-20)26-19-11-15-22-21-14-7-9-17-24(21)29-27(22)26/h4-19,29H,1-3H3. The van der Waals surface area contributed by atoms with Crippen LogP contribution in [0.15, 0.2) is 97.1 Å². The molecule has 0 fully saturated rings. The normalized spacial score (nSPS) is 11.8. The highest BCUT2D eigenvalue weighted by Crippen LogP contribution is 2.43. The summed E-state index contributed by atoms with van der Waals surface area (Å²) in [5.74, 6) is 0. The van der Waals surface area contributed by atoms with E-state index in [1.807, 2.05) is 0 Å². The molecule has 30 heavy (non-hydrogen) atoms. The van der Waals surface area contributed by atoms with Crippen LogP contribution in [0.1, 0.15) is 26.3 Å². The van der Waals surface area contributed by atoms with Gasteiger partial charge in [-0.3, -0.25) is 0 Å². The number of nitrogens with zero attached hydrogens (tertiary/aromatic N) is 1. The molecule has 0 radical (unpaired) electrons. The van der Waals surface area contributed by atoms with Crippen LogP contribution in [0.3, 0.4) is 0 Å². The topological polar surface area (TPSA) is 19.0 Å². The molecule has 0 aliphatic carbocycles. The van der Waals surface area contributed by atoms with Crippen molar-refractivity contribution >= 4 is 38.9 Å². The SMILES string of the molecule is CC(C)(C)c1ccccc1N(c1ccccc1)c1cccc2c1[nH]c1ccccc12. The van der Waals surface area contributed by atoms with Gasteiger partial charge in [0, 0.05) is 27.7 Å². The van der Waals surface area contributed by atoms with E-state index in [-0.39, 0.29) is 5.41 Å². The molecule has 5 aromatic rings. The Morgan fingerprint density at radius 2 is 1.23 bits per heavy atom. The van der Waals surface area contributed by atoms with Gasteiger partial charge in [0.25, 0.3) is 0 Å². The minimum atomic E-state index is 0.0258. The molecule has 0 amide bonds. The molecule has 0 bridgehead atoms. The van der Waals surface area contributed by atoms with Gasteiger partial charge in [0.2, 0.25) is 0 Å². The van der Waals surface area contributed by atoms with E-state index >= 15 is 0 Å². The first-order valence-electron chi connectivity index (χ1n) is 10.5. The molecule has 4 aromatic carbocycles. The molecule has 0 spiro atoms. The molecule has 0 atom stereocenters. The Labute approximate surface area is 177 Å². The van der Waals surface area contributed by atoms with Crippen LogP contribution in [0.25, 0.3) is 21.8 Å². The van der Waals surface area contributed by atoms with Gasteiger partial charge in [-0.05, 0) is 41.3 Å². The van der Waals surface area contributed by atoms with Gasteiger partial charge < -0.3 is 9.88 Å². The van der Waals surface area contributed by atoms with E-state index in [9.17, 15) is 0 Å². The molecule has 0 aliphatic rings. The number of fused-ring (bicyclic) bond motifs is 3. The van der Waals surface area contributed by atoms with Crippen LogP contribution in [0.4, 0.5) is 17.1 Å². The molecule has 1 N–H and O–H groups in total. The lowest BCUT2D eigenvalue weighted by atomic mass is 9.85. The Morgan fingerprint density at radius 1 is 0.600 bits per heavy atom. The molecule has 0 unspecified atom stereocenters. The molecule has 2 nitrogen and oxygen atoms in total. The van der Waals surface area contributed by atoms with E-state index in [0.29, 0.717) is 0 Å². The Bertz CT molecular complexity index is 1320. The highest BCUT2D eigenvalue weighted by Gasteiger charge is 2.24. The average molecular weight is 391 g/mol. The van der Waals surface area contributed by atoms with Gasteiger partial charge in [-0.2, -0.15) is 0 Å². The molecule has 0 aliphatic heterocycles. The molecular weight excluding hydrogens is 364 g/mol. The number of para-hydroxylation sites is 4. The number of rotatable bonds is 3. The van der Waals surface area contributed by atoms with Crippen LogP contribution in [0, 0.1) is 0 Å². The first kappa shape index (κ1) is 18.5. The Morgan fingerprint density at radius 3 is 2.03 bits per heavy atom. The third-order valence-corrected chi connectivity index (χ3v) is 5.73. The van der Waals surface area contributed by atoms with Gasteiger partial charge in [0.1, 0.15) is 0 Å². The Hall–Kier alpha value is -3.52.